The Hall–Kier alpha value is -0.510. The van der Waals surface area contributed by atoms with Crippen LogP contribution in [-0.4, -0.2) is 10.2 Å². The first-order valence-electron chi connectivity index (χ1n) is 1.79. The molecule has 0 aliphatic heterocycles. The minimum Gasteiger partial charge on any atom is -0.427 e. The lowest BCUT2D eigenvalue weighted by molar-refractivity contribution is 0.515. The quantitative estimate of drug-likeness (QED) is 0.543. The average Bonchev–Trinajstić information content (AvgIpc) is 2.14. The van der Waals surface area contributed by atoms with E-state index < -0.39 is 0 Å². The summed E-state index contributed by atoms with van der Waals surface area (Å²) in [5.74, 6) is 1.07. The molecule has 7 heavy (non-hydrogen) atoms. The van der Waals surface area contributed by atoms with Gasteiger partial charge in [-0.15, -0.1) is 10.2 Å². The predicted molar refractivity (Wildman–Crippen MR) is 27.0 cm³/mol. The number of thiol groups is 1. The van der Waals surface area contributed by atoms with Crippen molar-refractivity contribution in [2.75, 3.05) is 0 Å². The largest absolute Gasteiger partial charge is 0.427 e. The standard InChI is InChI=1S/C3H4N2OS/c7-1-3-5-4-2-6-3/h2,7H,1H2. The molecule has 0 saturated carbocycles. The van der Waals surface area contributed by atoms with Gasteiger partial charge in [0, 0.05) is 0 Å². The Morgan fingerprint density at radius 1 is 1.86 bits per heavy atom. The lowest BCUT2D eigenvalue weighted by Crippen LogP contribution is -1.73. The highest BCUT2D eigenvalue weighted by Crippen LogP contribution is 1.93. The minimum absolute atomic E-state index is 0.514. The summed E-state index contributed by atoms with van der Waals surface area (Å²) in [6.45, 7) is 0. The van der Waals surface area contributed by atoms with E-state index in [9.17, 15) is 0 Å². The van der Waals surface area contributed by atoms with E-state index in [-0.39, 0.29) is 0 Å². The van der Waals surface area contributed by atoms with Gasteiger partial charge in [0.05, 0.1) is 5.75 Å². The molecule has 1 aromatic heterocycles. The summed E-state index contributed by atoms with van der Waals surface area (Å²) in [5, 5.41) is 6.97. The van der Waals surface area contributed by atoms with Crippen molar-refractivity contribution in [1.82, 2.24) is 10.2 Å². The second-order valence-corrected chi connectivity index (χ2v) is 1.31. The van der Waals surface area contributed by atoms with Crippen LogP contribution in [0.5, 0.6) is 0 Å². The summed E-state index contributed by atoms with van der Waals surface area (Å²) >= 11 is 3.88. The van der Waals surface area contributed by atoms with Crippen LogP contribution in [0.25, 0.3) is 0 Å². The van der Waals surface area contributed by atoms with Crippen LogP contribution in [0.2, 0.25) is 0 Å². The summed E-state index contributed by atoms with van der Waals surface area (Å²) in [5.41, 5.74) is 0. The molecular formula is C3H4N2OS. The van der Waals surface area contributed by atoms with Crippen molar-refractivity contribution in [3.63, 3.8) is 0 Å². The highest BCUT2D eigenvalue weighted by molar-refractivity contribution is 7.79. The van der Waals surface area contributed by atoms with Crippen LogP contribution < -0.4 is 0 Å². The van der Waals surface area contributed by atoms with E-state index in [0.29, 0.717) is 11.6 Å². The van der Waals surface area contributed by atoms with Crippen molar-refractivity contribution in [3.05, 3.63) is 12.3 Å². The maximum absolute atomic E-state index is 4.68. The van der Waals surface area contributed by atoms with Gasteiger partial charge in [-0.25, -0.2) is 0 Å². The number of hydrogen-bond acceptors (Lipinski definition) is 4. The molecular weight excluding hydrogens is 112 g/mol. The normalized spacial score (nSPS) is 9.29. The molecule has 0 atom stereocenters. The number of hydrogen-bond donors (Lipinski definition) is 1. The van der Waals surface area contributed by atoms with Gasteiger partial charge in [0.25, 0.3) is 0 Å². The van der Waals surface area contributed by atoms with Crippen molar-refractivity contribution in [3.8, 4) is 0 Å². The maximum Gasteiger partial charge on any atom is 0.225 e. The molecule has 0 saturated heterocycles. The molecule has 0 fully saturated rings. The second-order valence-electron chi connectivity index (χ2n) is 0.991. The predicted octanol–water partition coefficient (Wildman–Crippen LogP) is 0.499. The number of nitrogens with zero attached hydrogens (tertiary/aromatic N) is 2. The third-order valence-electron chi connectivity index (χ3n) is 0.540. The summed E-state index contributed by atoms with van der Waals surface area (Å²) in [6, 6.07) is 0. The molecule has 38 valence electrons. The average molecular weight is 116 g/mol. The first-order chi connectivity index (χ1) is 3.43. The fraction of sp³-hybridized carbons (Fsp3) is 0.333. The van der Waals surface area contributed by atoms with E-state index in [1.807, 2.05) is 0 Å². The van der Waals surface area contributed by atoms with E-state index in [2.05, 4.69) is 27.2 Å². The van der Waals surface area contributed by atoms with Crippen LogP contribution in [-0.2, 0) is 5.75 Å². The zero-order valence-corrected chi connectivity index (χ0v) is 4.43. The Balaban J connectivity index is 2.76. The van der Waals surface area contributed by atoms with Crippen LogP contribution in [0.15, 0.2) is 10.8 Å². The summed E-state index contributed by atoms with van der Waals surface area (Å²) in [4.78, 5) is 0. The van der Waals surface area contributed by atoms with E-state index in [1.165, 1.54) is 6.39 Å². The monoisotopic (exact) mass is 116 g/mol. The van der Waals surface area contributed by atoms with Crippen molar-refractivity contribution in [2.24, 2.45) is 0 Å². The van der Waals surface area contributed by atoms with Crippen molar-refractivity contribution < 1.29 is 4.42 Å². The molecule has 3 nitrogen and oxygen atoms in total. The molecule has 1 aromatic rings. The topological polar surface area (TPSA) is 38.9 Å². The highest BCUT2D eigenvalue weighted by atomic mass is 32.1. The Labute approximate surface area is 46.2 Å². The summed E-state index contributed by atoms with van der Waals surface area (Å²) in [7, 11) is 0. The molecule has 0 unspecified atom stereocenters. The van der Waals surface area contributed by atoms with Gasteiger partial charge < -0.3 is 4.42 Å². The van der Waals surface area contributed by atoms with Crippen LogP contribution >= 0.6 is 12.6 Å². The molecule has 0 aliphatic carbocycles. The van der Waals surface area contributed by atoms with Crippen LogP contribution in [0.4, 0.5) is 0 Å². The van der Waals surface area contributed by atoms with Crippen LogP contribution in [0, 0.1) is 0 Å². The molecule has 0 amide bonds. The van der Waals surface area contributed by atoms with Crippen molar-refractivity contribution >= 4 is 12.6 Å². The highest BCUT2D eigenvalue weighted by Gasteiger charge is 1.88. The zero-order valence-electron chi connectivity index (χ0n) is 3.53. The molecule has 0 radical (unpaired) electrons. The molecule has 4 heteroatoms. The van der Waals surface area contributed by atoms with Gasteiger partial charge in [0.15, 0.2) is 0 Å². The van der Waals surface area contributed by atoms with Gasteiger partial charge in [0.1, 0.15) is 0 Å². The minimum atomic E-state index is 0.514. The fourth-order valence-electron chi connectivity index (χ4n) is 0.265. The fourth-order valence-corrected chi connectivity index (χ4v) is 0.403. The van der Waals surface area contributed by atoms with E-state index in [1.54, 1.807) is 0 Å². The first-order valence-corrected chi connectivity index (χ1v) is 2.42. The van der Waals surface area contributed by atoms with Gasteiger partial charge >= 0.3 is 0 Å². The van der Waals surface area contributed by atoms with E-state index in [4.69, 9.17) is 0 Å². The Kier molecular flexibility index (Phi) is 1.31. The first kappa shape index (κ1) is 4.64. The van der Waals surface area contributed by atoms with Crippen LogP contribution in [0.1, 0.15) is 5.89 Å². The molecule has 0 aromatic carbocycles. The van der Waals surface area contributed by atoms with Gasteiger partial charge in [0.2, 0.25) is 12.3 Å². The Bertz CT molecular complexity index is 127. The van der Waals surface area contributed by atoms with Gasteiger partial charge in [-0.1, -0.05) is 0 Å². The van der Waals surface area contributed by atoms with Crippen molar-refractivity contribution in [1.29, 1.82) is 0 Å². The maximum atomic E-state index is 4.68. The second kappa shape index (κ2) is 1.97. The zero-order chi connectivity index (χ0) is 5.11. The lowest BCUT2D eigenvalue weighted by atomic mass is 10.8. The van der Waals surface area contributed by atoms with Crippen molar-refractivity contribution in [2.45, 2.75) is 5.75 Å². The smallest absolute Gasteiger partial charge is 0.225 e. The van der Waals surface area contributed by atoms with E-state index in [0.717, 1.165) is 0 Å². The third-order valence-corrected chi connectivity index (χ3v) is 0.811. The Morgan fingerprint density at radius 2 is 2.71 bits per heavy atom. The van der Waals surface area contributed by atoms with Gasteiger partial charge in [-0.05, 0) is 0 Å². The number of aromatic nitrogens is 2. The molecule has 0 bridgehead atoms. The number of rotatable bonds is 1. The Morgan fingerprint density at radius 3 is 3.00 bits per heavy atom. The van der Waals surface area contributed by atoms with Crippen LogP contribution in [0.3, 0.4) is 0 Å². The van der Waals surface area contributed by atoms with E-state index >= 15 is 0 Å². The lowest BCUT2D eigenvalue weighted by Gasteiger charge is -1.74. The molecule has 1 rings (SSSR count). The molecule has 0 N–H and O–H groups in total. The third kappa shape index (κ3) is 0.928. The molecule has 1 heterocycles. The molecule has 0 spiro atoms. The summed E-state index contributed by atoms with van der Waals surface area (Å²) in [6.07, 6.45) is 1.28. The molecule has 0 aliphatic rings. The van der Waals surface area contributed by atoms with Gasteiger partial charge in [-0.2, -0.15) is 12.6 Å². The van der Waals surface area contributed by atoms with Gasteiger partial charge in [-0.3, -0.25) is 0 Å². The summed E-state index contributed by atoms with van der Waals surface area (Å²) < 4.78 is 4.68. The SMILES string of the molecule is SCc1nnco1.